The summed E-state index contributed by atoms with van der Waals surface area (Å²) in [6.07, 6.45) is 0. The van der Waals surface area contributed by atoms with Crippen molar-refractivity contribution in [3.05, 3.63) is 46.2 Å². The molecule has 0 saturated carbocycles. The van der Waals surface area contributed by atoms with Crippen LogP contribution in [0.5, 0.6) is 11.5 Å². The van der Waals surface area contributed by atoms with Gasteiger partial charge in [-0.15, -0.1) is 12.4 Å². The number of thiophene rings is 1. The molecule has 2 aromatic rings. The van der Waals surface area contributed by atoms with E-state index >= 15 is 0 Å². The smallest absolute Gasteiger partial charge is 0.120 e. The molecule has 0 amide bonds. The lowest BCUT2D eigenvalue weighted by molar-refractivity contribution is 0.130. The first-order valence-electron chi connectivity index (χ1n) is 6.16. The van der Waals surface area contributed by atoms with Gasteiger partial charge in [-0.2, -0.15) is 11.3 Å². The van der Waals surface area contributed by atoms with Crippen LogP contribution in [0.1, 0.15) is 37.9 Å². The van der Waals surface area contributed by atoms with E-state index in [4.69, 9.17) is 10.5 Å². The Balaban J connectivity index is 0.00000200. The van der Waals surface area contributed by atoms with Gasteiger partial charge in [-0.1, -0.05) is 0 Å². The van der Waals surface area contributed by atoms with Crippen LogP contribution in [0.2, 0.25) is 0 Å². The molecule has 110 valence electrons. The van der Waals surface area contributed by atoms with Crippen molar-refractivity contribution in [1.82, 2.24) is 0 Å². The molecule has 0 aliphatic heterocycles. The molecule has 2 rings (SSSR count). The standard InChI is InChI=1S/C15H19NO2S.ClH/c1-15(2,3)18-11-4-5-13(17)12(8-11)14(16)10-6-7-19-9-10;/h4-9,14,17H,16H2,1-3H3;1H/t14-;/m1./s1. The molecule has 0 aliphatic rings. The van der Waals surface area contributed by atoms with E-state index in [2.05, 4.69) is 0 Å². The maximum Gasteiger partial charge on any atom is 0.120 e. The van der Waals surface area contributed by atoms with Crippen LogP contribution in [0.25, 0.3) is 0 Å². The highest BCUT2D eigenvalue weighted by atomic mass is 35.5. The van der Waals surface area contributed by atoms with E-state index < -0.39 is 0 Å². The Morgan fingerprint density at radius 3 is 2.50 bits per heavy atom. The van der Waals surface area contributed by atoms with E-state index in [1.54, 1.807) is 23.5 Å². The molecule has 0 saturated heterocycles. The van der Waals surface area contributed by atoms with Crippen molar-refractivity contribution in [1.29, 1.82) is 0 Å². The summed E-state index contributed by atoms with van der Waals surface area (Å²) in [6.45, 7) is 5.95. The van der Waals surface area contributed by atoms with Crippen LogP contribution in [-0.4, -0.2) is 10.7 Å². The van der Waals surface area contributed by atoms with Crippen LogP contribution in [0.15, 0.2) is 35.0 Å². The number of ether oxygens (including phenoxy) is 1. The van der Waals surface area contributed by atoms with Gasteiger partial charge >= 0.3 is 0 Å². The molecule has 3 nitrogen and oxygen atoms in total. The lowest BCUT2D eigenvalue weighted by Gasteiger charge is -2.22. The molecule has 1 aromatic carbocycles. The van der Waals surface area contributed by atoms with Crippen molar-refractivity contribution >= 4 is 23.7 Å². The first-order valence-corrected chi connectivity index (χ1v) is 7.11. The number of aromatic hydroxyl groups is 1. The highest BCUT2D eigenvalue weighted by Gasteiger charge is 2.17. The summed E-state index contributed by atoms with van der Waals surface area (Å²) >= 11 is 1.59. The highest BCUT2D eigenvalue weighted by Crippen LogP contribution is 2.32. The van der Waals surface area contributed by atoms with Gasteiger partial charge in [-0.25, -0.2) is 0 Å². The minimum atomic E-state index is -0.338. The Bertz CT molecular complexity index is 549. The highest BCUT2D eigenvalue weighted by molar-refractivity contribution is 7.08. The van der Waals surface area contributed by atoms with Gasteiger partial charge in [-0.05, 0) is 61.4 Å². The number of nitrogens with two attached hydrogens (primary N) is 1. The maximum absolute atomic E-state index is 9.97. The van der Waals surface area contributed by atoms with E-state index in [1.807, 2.05) is 43.7 Å². The molecule has 20 heavy (non-hydrogen) atoms. The number of hydrogen-bond acceptors (Lipinski definition) is 4. The van der Waals surface area contributed by atoms with Gasteiger partial charge in [0, 0.05) is 5.56 Å². The normalized spacial score (nSPS) is 12.6. The van der Waals surface area contributed by atoms with Crippen molar-refractivity contribution in [3.63, 3.8) is 0 Å². The molecule has 5 heteroatoms. The lowest BCUT2D eigenvalue weighted by atomic mass is 10.0. The van der Waals surface area contributed by atoms with Crippen molar-refractivity contribution < 1.29 is 9.84 Å². The topological polar surface area (TPSA) is 55.5 Å². The summed E-state index contributed by atoms with van der Waals surface area (Å²) in [6, 6.07) is 6.82. The third-order valence-corrected chi connectivity index (χ3v) is 3.36. The average molecular weight is 314 g/mol. The van der Waals surface area contributed by atoms with Gasteiger partial charge in [0.2, 0.25) is 0 Å². The zero-order valence-corrected chi connectivity index (χ0v) is 13.4. The second kappa shape index (κ2) is 6.48. The number of hydrogen-bond donors (Lipinski definition) is 2. The monoisotopic (exact) mass is 313 g/mol. The van der Waals surface area contributed by atoms with Gasteiger partial charge < -0.3 is 15.6 Å². The molecular weight excluding hydrogens is 294 g/mol. The third-order valence-electron chi connectivity index (χ3n) is 2.66. The number of phenols is 1. The lowest BCUT2D eigenvalue weighted by Crippen LogP contribution is -2.23. The van der Waals surface area contributed by atoms with E-state index in [0.29, 0.717) is 11.3 Å². The minimum Gasteiger partial charge on any atom is -0.508 e. The fourth-order valence-electron chi connectivity index (χ4n) is 1.83. The van der Waals surface area contributed by atoms with Gasteiger partial charge in [-0.3, -0.25) is 0 Å². The molecule has 3 N–H and O–H groups in total. The summed E-state index contributed by atoms with van der Waals surface area (Å²) < 4.78 is 5.80. The van der Waals surface area contributed by atoms with Gasteiger partial charge in [0.25, 0.3) is 0 Å². The molecule has 0 radical (unpaired) electrons. The average Bonchev–Trinajstić information content (AvgIpc) is 2.82. The second-order valence-corrected chi connectivity index (χ2v) is 6.25. The van der Waals surface area contributed by atoms with E-state index in [-0.39, 0.29) is 29.8 Å². The van der Waals surface area contributed by atoms with Crippen LogP contribution >= 0.6 is 23.7 Å². The number of rotatable bonds is 3. The Kier molecular flexibility index (Phi) is 5.45. The Morgan fingerprint density at radius 1 is 1.25 bits per heavy atom. The Labute approximate surface area is 129 Å². The minimum absolute atomic E-state index is 0. The summed E-state index contributed by atoms with van der Waals surface area (Å²) in [4.78, 5) is 0. The molecule has 0 spiro atoms. The maximum atomic E-state index is 9.97. The molecule has 0 bridgehead atoms. The zero-order chi connectivity index (χ0) is 14.0. The van der Waals surface area contributed by atoms with E-state index in [9.17, 15) is 5.11 Å². The summed E-state index contributed by atoms with van der Waals surface area (Å²) in [5, 5.41) is 13.9. The van der Waals surface area contributed by atoms with Crippen molar-refractivity contribution in [2.45, 2.75) is 32.4 Å². The summed E-state index contributed by atoms with van der Waals surface area (Å²) in [5.74, 6) is 0.908. The first kappa shape index (κ1) is 16.8. The fraction of sp³-hybridized carbons (Fsp3) is 0.333. The summed E-state index contributed by atoms with van der Waals surface area (Å²) in [5.41, 5.74) is 7.58. The predicted octanol–water partition coefficient (Wildman–Crippen LogP) is 4.10. The largest absolute Gasteiger partial charge is 0.508 e. The number of halogens is 1. The Morgan fingerprint density at radius 2 is 1.95 bits per heavy atom. The van der Waals surface area contributed by atoms with Gasteiger partial charge in [0.05, 0.1) is 6.04 Å². The van der Waals surface area contributed by atoms with Crippen LogP contribution in [0.3, 0.4) is 0 Å². The van der Waals surface area contributed by atoms with Crippen LogP contribution in [0, 0.1) is 0 Å². The van der Waals surface area contributed by atoms with Crippen molar-refractivity contribution in [2.75, 3.05) is 0 Å². The molecule has 0 fully saturated rings. The molecule has 0 unspecified atom stereocenters. The third kappa shape index (κ3) is 4.13. The fourth-order valence-corrected chi connectivity index (χ4v) is 2.53. The first-order chi connectivity index (χ1) is 8.87. The molecule has 1 atom stereocenters. The van der Waals surface area contributed by atoms with Crippen LogP contribution < -0.4 is 10.5 Å². The molecule has 1 heterocycles. The van der Waals surface area contributed by atoms with Crippen molar-refractivity contribution in [3.8, 4) is 11.5 Å². The summed E-state index contributed by atoms with van der Waals surface area (Å²) in [7, 11) is 0. The molecular formula is C15H20ClNO2S. The van der Waals surface area contributed by atoms with Gasteiger partial charge in [0.1, 0.15) is 17.1 Å². The van der Waals surface area contributed by atoms with Crippen LogP contribution in [-0.2, 0) is 0 Å². The zero-order valence-electron chi connectivity index (χ0n) is 11.8. The van der Waals surface area contributed by atoms with Crippen molar-refractivity contribution in [2.24, 2.45) is 5.73 Å². The SMILES string of the molecule is CC(C)(C)Oc1ccc(O)c([C@H](N)c2ccsc2)c1.Cl. The predicted molar refractivity (Wildman–Crippen MR) is 86.1 cm³/mol. The Hall–Kier alpha value is -1.23. The molecule has 1 aromatic heterocycles. The second-order valence-electron chi connectivity index (χ2n) is 5.47. The number of phenolic OH excluding ortho intramolecular Hbond substituents is 1. The number of benzene rings is 1. The van der Waals surface area contributed by atoms with E-state index in [0.717, 1.165) is 5.56 Å². The van der Waals surface area contributed by atoms with Crippen LogP contribution in [0.4, 0.5) is 0 Å². The van der Waals surface area contributed by atoms with Gasteiger partial charge in [0.15, 0.2) is 0 Å². The molecule has 0 aliphatic carbocycles. The van der Waals surface area contributed by atoms with E-state index in [1.165, 1.54) is 0 Å². The quantitative estimate of drug-likeness (QED) is 0.897.